The van der Waals surface area contributed by atoms with Gasteiger partial charge in [0.2, 0.25) is 0 Å². The van der Waals surface area contributed by atoms with Crippen molar-refractivity contribution in [2.24, 2.45) is 5.92 Å². The van der Waals surface area contributed by atoms with E-state index in [9.17, 15) is 8.78 Å². The first-order valence-electron chi connectivity index (χ1n) is 9.81. The maximum Gasteiger partial charge on any atom is 0.135 e. The van der Waals surface area contributed by atoms with Gasteiger partial charge in [-0.2, -0.15) is 0 Å². The number of halogens is 2. The molecule has 1 aromatic heterocycles. The fourth-order valence-electron chi connectivity index (χ4n) is 4.03. The summed E-state index contributed by atoms with van der Waals surface area (Å²) in [6.45, 7) is 2.09. The molecular weight excluding hydrogens is 358 g/mol. The van der Waals surface area contributed by atoms with Crippen LogP contribution in [0.3, 0.4) is 0 Å². The Bertz CT molecular complexity index is 895. The van der Waals surface area contributed by atoms with Crippen molar-refractivity contribution in [3.8, 4) is 21.6 Å². The van der Waals surface area contributed by atoms with Crippen LogP contribution in [0.25, 0.3) is 21.6 Å². The van der Waals surface area contributed by atoms with Gasteiger partial charge in [-0.25, -0.2) is 8.78 Å². The van der Waals surface area contributed by atoms with Gasteiger partial charge in [-0.1, -0.05) is 56.9 Å². The predicted octanol–water partition coefficient (Wildman–Crippen LogP) is 7.66. The fraction of sp³-hybridized carbons (Fsp3) is 0.333. The van der Waals surface area contributed by atoms with Crippen molar-refractivity contribution in [1.82, 2.24) is 0 Å². The molecule has 0 nitrogen and oxygen atoms in total. The zero-order chi connectivity index (χ0) is 18.8. The van der Waals surface area contributed by atoms with Crippen molar-refractivity contribution in [1.29, 1.82) is 0 Å². The fourth-order valence-corrected chi connectivity index (χ4v) is 5.20. The molecule has 1 aliphatic carbocycles. The smallest absolute Gasteiger partial charge is 0.135 e. The highest BCUT2D eigenvalue weighted by Crippen LogP contribution is 2.37. The molecule has 140 valence electrons. The summed E-state index contributed by atoms with van der Waals surface area (Å²) >= 11 is 1.53. The Labute approximate surface area is 163 Å². The largest absolute Gasteiger partial charge is 0.206 e. The molecule has 27 heavy (non-hydrogen) atoms. The highest BCUT2D eigenvalue weighted by molar-refractivity contribution is 7.15. The molecule has 0 unspecified atom stereocenters. The molecule has 1 fully saturated rings. The van der Waals surface area contributed by atoms with Crippen LogP contribution in [0.4, 0.5) is 8.78 Å². The van der Waals surface area contributed by atoms with Crippen LogP contribution in [0, 0.1) is 17.6 Å². The monoisotopic (exact) mass is 382 g/mol. The second-order valence-electron chi connectivity index (χ2n) is 7.49. The Morgan fingerprint density at radius 2 is 1.56 bits per heavy atom. The molecule has 1 aliphatic rings. The van der Waals surface area contributed by atoms with Gasteiger partial charge in [0.1, 0.15) is 11.6 Å². The molecule has 0 atom stereocenters. The zero-order valence-corrected chi connectivity index (χ0v) is 16.4. The maximum absolute atomic E-state index is 14.8. The number of aryl methyl sites for hydroxylation is 1. The SMILES string of the molecule is CCc1ccc(-c2cc(F)c(-c3ccc(CC4CCCC4)s3)c(F)c2)cc1. The first-order valence-corrected chi connectivity index (χ1v) is 10.6. The molecule has 1 heterocycles. The number of thiophene rings is 1. The first-order chi connectivity index (χ1) is 13.1. The third-order valence-electron chi connectivity index (χ3n) is 5.61. The summed E-state index contributed by atoms with van der Waals surface area (Å²) < 4.78 is 29.6. The van der Waals surface area contributed by atoms with Crippen LogP contribution in [-0.2, 0) is 12.8 Å². The molecule has 1 saturated carbocycles. The van der Waals surface area contributed by atoms with Crippen molar-refractivity contribution in [3.05, 3.63) is 70.6 Å². The summed E-state index contributed by atoms with van der Waals surface area (Å²) in [5.41, 5.74) is 2.74. The molecule has 0 aliphatic heterocycles. The number of rotatable bonds is 5. The van der Waals surface area contributed by atoms with Crippen molar-refractivity contribution >= 4 is 11.3 Å². The molecule has 4 rings (SSSR count). The average molecular weight is 383 g/mol. The Balaban J connectivity index is 1.61. The standard InChI is InChI=1S/C24H24F2S/c1-2-16-7-9-18(10-8-16)19-14-21(25)24(22(26)15-19)23-12-11-20(27-23)13-17-5-3-4-6-17/h7-12,14-15,17H,2-6,13H2,1H3. The van der Waals surface area contributed by atoms with E-state index >= 15 is 0 Å². The van der Waals surface area contributed by atoms with Crippen molar-refractivity contribution in [2.75, 3.05) is 0 Å². The van der Waals surface area contributed by atoms with Crippen molar-refractivity contribution in [3.63, 3.8) is 0 Å². The lowest BCUT2D eigenvalue weighted by Crippen LogP contribution is -1.95. The van der Waals surface area contributed by atoms with E-state index in [1.54, 1.807) is 0 Å². The molecule has 2 aromatic carbocycles. The van der Waals surface area contributed by atoms with Crippen LogP contribution in [0.1, 0.15) is 43.0 Å². The van der Waals surface area contributed by atoms with Gasteiger partial charge in [0, 0.05) is 9.75 Å². The minimum Gasteiger partial charge on any atom is -0.206 e. The van der Waals surface area contributed by atoms with Crippen LogP contribution in [0.2, 0.25) is 0 Å². The predicted molar refractivity (Wildman–Crippen MR) is 110 cm³/mol. The lowest BCUT2D eigenvalue weighted by molar-refractivity contribution is 0.551. The third kappa shape index (κ3) is 3.98. The summed E-state index contributed by atoms with van der Waals surface area (Å²) in [4.78, 5) is 1.92. The van der Waals surface area contributed by atoms with Gasteiger partial charge in [0.05, 0.1) is 5.56 Å². The highest BCUT2D eigenvalue weighted by Gasteiger charge is 2.19. The van der Waals surface area contributed by atoms with E-state index in [2.05, 4.69) is 6.92 Å². The van der Waals surface area contributed by atoms with Gasteiger partial charge in [-0.3, -0.25) is 0 Å². The molecule has 0 saturated heterocycles. The van der Waals surface area contributed by atoms with E-state index in [-0.39, 0.29) is 5.56 Å². The molecule has 3 heteroatoms. The molecular formula is C24H24F2S. The van der Waals surface area contributed by atoms with E-state index in [0.29, 0.717) is 10.4 Å². The molecule has 3 aromatic rings. The van der Waals surface area contributed by atoms with Crippen LogP contribution >= 0.6 is 11.3 Å². The van der Waals surface area contributed by atoms with Crippen LogP contribution in [0.15, 0.2) is 48.5 Å². The minimum atomic E-state index is -0.487. The summed E-state index contributed by atoms with van der Waals surface area (Å²) in [7, 11) is 0. The van der Waals surface area contributed by atoms with Crippen molar-refractivity contribution < 1.29 is 8.78 Å². The minimum absolute atomic E-state index is 0.103. The molecule has 0 amide bonds. The Kier molecular flexibility index (Phi) is 5.40. The van der Waals surface area contributed by atoms with Gasteiger partial charge in [-0.05, 0) is 59.7 Å². The van der Waals surface area contributed by atoms with E-state index < -0.39 is 11.6 Å². The Morgan fingerprint density at radius 3 is 2.19 bits per heavy atom. The third-order valence-corrected chi connectivity index (χ3v) is 6.74. The van der Waals surface area contributed by atoms with E-state index in [4.69, 9.17) is 0 Å². The van der Waals surface area contributed by atoms with E-state index in [1.807, 2.05) is 36.4 Å². The van der Waals surface area contributed by atoms with Gasteiger partial charge >= 0.3 is 0 Å². The molecule has 0 radical (unpaired) electrons. The highest BCUT2D eigenvalue weighted by atomic mass is 32.1. The summed E-state index contributed by atoms with van der Waals surface area (Å²) in [6.07, 6.45) is 7.17. The topological polar surface area (TPSA) is 0 Å². The second-order valence-corrected chi connectivity index (χ2v) is 8.65. The number of benzene rings is 2. The molecule has 0 bridgehead atoms. The van der Waals surface area contributed by atoms with Gasteiger partial charge in [0.25, 0.3) is 0 Å². The lowest BCUT2D eigenvalue weighted by Gasteiger charge is -2.08. The Hall–Kier alpha value is -2.00. The van der Waals surface area contributed by atoms with Gasteiger partial charge in [0.15, 0.2) is 0 Å². The number of hydrogen-bond donors (Lipinski definition) is 0. The number of hydrogen-bond acceptors (Lipinski definition) is 1. The molecule has 0 spiro atoms. The van der Waals surface area contributed by atoms with Crippen molar-refractivity contribution in [2.45, 2.75) is 45.4 Å². The lowest BCUT2D eigenvalue weighted by atomic mass is 10.0. The van der Waals surface area contributed by atoms with Crippen LogP contribution in [-0.4, -0.2) is 0 Å². The summed E-state index contributed by atoms with van der Waals surface area (Å²) in [5, 5.41) is 0. The second kappa shape index (κ2) is 7.93. The zero-order valence-electron chi connectivity index (χ0n) is 15.6. The quantitative estimate of drug-likeness (QED) is 0.425. The maximum atomic E-state index is 14.8. The van der Waals surface area contributed by atoms with Crippen LogP contribution < -0.4 is 0 Å². The van der Waals surface area contributed by atoms with E-state index in [1.165, 1.54) is 59.6 Å². The van der Waals surface area contributed by atoms with Gasteiger partial charge in [-0.15, -0.1) is 11.3 Å². The molecule has 0 N–H and O–H groups in total. The van der Waals surface area contributed by atoms with E-state index in [0.717, 1.165) is 24.3 Å². The summed E-state index contributed by atoms with van der Waals surface area (Å²) in [5.74, 6) is -0.239. The average Bonchev–Trinajstić information content (AvgIpc) is 3.34. The first kappa shape index (κ1) is 18.4. The summed E-state index contributed by atoms with van der Waals surface area (Å²) in [6, 6.07) is 14.7. The Morgan fingerprint density at radius 1 is 0.889 bits per heavy atom. The van der Waals surface area contributed by atoms with Gasteiger partial charge < -0.3 is 0 Å². The normalized spacial score (nSPS) is 14.8. The van der Waals surface area contributed by atoms with Crippen LogP contribution in [0.5, 0.6) is 0 Å².